The molecule has 0 fully saturated rings. The van der Waals surface area contributed by atoms with Crippen LogP contribution >= 0.6 is 0 Å². The minimum absolute atomic E-state index is 0.0357. The molecule has 0 unspecified atom stereocenters. The Balaban J connectivity index is 2.20. The molecule has 4 nitrogen and oxygen atoms in total. The van der Waals surface area contributed by atoms with E-state index in [-0.39, 0.29) is 18.1 Å². The Bertz CT molecular complexity index is 427. The Morgan fingerprint density at radius 3 is 2.94 bits per heavy atom. The number of benzene rings is 1. The van der Waals surface area contributed by atoms with Crippen LogP contribution in [0.25, 0.3) is 0 Å². The first-order valence-corrected chi connectivity index (χ1v) is 5.32. The van der Waals surface area contributed by atoms with Gasteiger partial charge >= 0.3 is 0 Å². The molecule has 0 aliphatic carbocycles. The number of amides is 1. The lowest BCUT2D eigenvalue weighted by atomic mass is 10.1. The zero-order chi connectivity index (χ0) is 11.8. The minimum atomic E-state index is -0.357. The lowest BCUT2D eigenvalue weighted by Crippen LogP contribution is -2.34. The van der Waals surface area contributed by atoms with E-state index >= 15 is 0 Å². The molecule has 1 aromatic carbocycles. The molecule has 1 amide bonds. The summed E-state index contributed by atoms with van der Waals surface area (Å²) in [5, 5.41) is 15.2. The van der Waals surface area contributed by atoms with Gasteiger partial charge in [-0.05, 0) is 37.6 Å². The molecule has 86 valence electrons. The first-order chi connectivity index (χ1) is 7.50. The number of fused-ring (bicyclic) bond motifs is 1. The maximum Gasteiger partial charge on any atom is 0.228 e. The monoisotopic (exact) mass is 220 g/mol. The summed E-state index contributed by atoms with van der Waals surface area (Å²) < 4.78 is 0. The molecule has 1 aliphatic heterocycles. The molecule has 2 rings (SSSR count). The molecule has 0 bridgehead atoms. The fourth-order valence-electron chi connectivity index (χ4n) is 1.74. The average Bonchev–Trinajstić information content (AvgIpc) is 2.57. The largest absolute Gasteiger partial charge is 0.394 e. The number of aliphatic hydroxyl groups excluding tert-OH is 1. The van der Waals surface area contributed by atoms with Crippen molar-refractivity contribution in [3.63, 3.8) is 0 Å². The molecular weight excluding hydrogens is 204 g/mol. The summed E-state index contributed by atoms with van der Waals surface area (Å²) >= 11 is 0. The fourth-order valence-corrected chi connectivity index (χ4v) is 1.74. The molecule has 0 saturated carbocycles. The molecular formula is C12H16N2O2. The van der Waals surface area contributed by atoms with Crippen LogP contribution in [0.15, 0.2) is 18.2 Å². The summed E-state index contributed by atoms with van der Waals surface area (Å²) in [4.78, 5) is 11.2. The predicted octanol–water partition coefficient (Wildman–Crippen LogP) is 1.36. The van der Waals surface area contributed by atoms with Gasteiger partial charge in [0.1, 0.15) is 0 Å². The van der Waals surface area contributed by atoms with Crippen LogP contribution in [-0.2, 0) is 11.2 Å². The summed E-state index contributed by atoms with van der Waals surface area (Å²) in [6, 6.07) is 5.74. The average molecular weight is 220 g/mol. The standard InChI is InChI=1S/C12H16N2O2/c1-12(2,7-15)14-9-3-4-10-8(5-9)6-11(16)13-10/h3-5,14-15H,6-7H2,1-2H3,(H,13,16). The summed E-state index contributed by atoms with van der Waals surface area (Å²) in [5.41, 5.74) is 2.46. The molecule has 3 N–H and O–H groups in total. The van der Waals surface area contributed by atoms with Gasteiger partial charge in [0.05, 0.1) is 18.6 Å². The van der Waals surface area contributed by atoms with Crippen LogP contribution in [0.2, 0.25) is 0 Å². The summed E-state index contributed by atoms with van der Waals surface area (Å²) in [7, 11) is 0. The van der Waals surface area contributed by atoms with E-state index in [2.05, 4.69) is 10.6 Å². The van der Waals surface area contributed by atoms with Crippen LogP contribution in [0, 0.1) is 0 Å². The van der Waals surface area contributed by atoms with E-state index in [0.717, 1.165) is 16.9 Å². The van der Waals surface area contributed by atoms with Gasteiger partial charge in [-0.3, -0.25) is 4.79 Å². The SMILES string of the molecule is CC(C)(CO)Nc1ccc2c(c1)CC(=O)N2. The second kappa shape index (κ2) is 3.79. The zero-order valence-corrected chi connectivity index (χ0v) is 9.50. The van der Waals surface area contributed by atoms with E-state index in [0.29, 0.717) is 6.42 Å². The van der Waals surface area contributed by atoms with Crippen LogP contribution in [0.3, 0.4) is 0 Å². The van der Waals surface area contributed by atoms with Gasteiger partial charge < -0.3 is 15.7 Å². The molecule has 0 spiro atoms. The number of nitrogens with one attached hydrogen (secondary N) is 2. The Morgan fingerprint density at radius 2 is 2.25 bits per heavy atom. The normalized spacial score (nSPS) is 14.6. The van der Waals surface area contributed by atoms with Crippen molar-refractivity contribution in [3.05, 3.63) is 23.8 Å². The second-order valence-electron chi connectivity index (χ2n) is 4.76. The van der Waals surface area contributed by atoms with Crippen LogP contribution in [0.4, 0.5) is 11.4 Å². The summed E-state index contributed by atoms with van der Waals surface area (Å²) in [6.07, 6.45) is 0.435. The number of aliphatic hydroxyl groups is 1. The molecule has 0 radical (unpaired) electrons. The number of rotatable bonds is 3. The highest BCUT2D eigenvalue weighted by Crippen LogP contribution is 2.27. The van der Waals surface area contributed by atoms with Gasteiger partial charge in [0.15, 0.2) is 0 Å². The van der Waals surface area contributed by atoms with Gasteiger partial charge in [-0.15, -0.1) is 0 Å². The number of carbonyl (C=O) groups is 1. The molecule has 4 heteroatoms. The van der Waals surface area contributed by atoms with Crippen LogP contribution in [0.1, 0.15) is 19.4 Å². The quantitative estimate of drug-likeness (QED) is 0.721. The van der Waals surface area contributed by atoms with E-state index in [4.69, 9.17) is 5.11 Å². The first kappa shape index (κ1) is 11.0. The molecule has 1 aromatic rings. The van der Waals surface area contributed by atoms with Gasteiger partial charge in [0, 0.05) is 11.4 Å². The molecule has 1 aliphatic rings. The Hall–Kier alpha value is -1.55. The van der Waals surface area contributed by atoms with E-state index in [9.17, 15) is 4.79 Å². The third kappa shape index (κ3) is 2.17. The highest BCUT2D eigenvalue weighted by atomic mass is 16.3. The second-order valence-corrected chi connectivity index (χ2v) is 4.76. The van der Waals surface area contributed by atoms with Gasteiger partial charge in [-0.1, -0.05) is 0 Å². The van der Waals surface area contributed by atoms with Gasteiger partial charge in [0.25, 0.3) is 0 Å². The van der Waals surface area contributed by atoms with Crippen molar-refractivity contribution in [2.45, 2.75) is 25.8 Å². The predicted molar refractivity (Wildman–Crippen MR) is 63.6 cm³/mol. The minimum Gasteiger partial charge on any atom is -0.394 e. The third-order valence-corrected chi connectivity index (χ3v) is 2.61. The van der Waals surface area contributed by atoms with Gasteiger partial charge in [-0.2, -0.15) is 0 Å². The highest BCUT2D eigenvalue weighted by molar-refractivity contribution is 5.99. The number of hydrogen-bond acceptors (Lipinski definition) is 3. The van der Waals surface area contributed by atoms with Crippen molar-refractivity contribution in [1.82, 2.24) is 0 Å². The topological polar surface area (TPSA) is 61.4 Å². The van der Waals surface area contributed by atoms with Crippen LogP contribution in [0.5, 0.6) is 0 Å². The van der Waals surface area contributed by atoms with Crippen LogP contribution in [-0.4, -0.2) is 23.2 Å². The van der Waals surface area contributed by atoms with E-state index in [1.165, 1.54) is 0 Å². The van der Waals surface area contributed by atoms with Crippen molar-refractivity contribution < 1.29 is 9.90 Å². The third-order valence-electron chi connectivity index (χ3n) is 2.61. The molecule has 16 heavy (non-hydrogen) atoms. The lowest BCUT2D eigenvalue weighted by Gasteiger charge is -2.25. The molecule has 0 atom stereocenters. The Labute approximate surface area is 94.7 Å². The first-order valence-electron chi connectivity index (χ1n) is 5.32. The number of carbonyl (C=O) groups excluding carboxylic acids is 1. The van der Waals surface area contributed by atoms with Crippen LogP contribution < -0.4 is 10.6 Å². The number of anilines is 2. The smallest absolute Gasteiger partial charge is 0.228 e. The Kier molecular flexibility index (Phi) is 2.59. The molecule has 0 saturated heterocycles. The lowest BCUT2D eigenvalue weighted by molar-refractivity contribution is -0.115. The maximum atomic E-state index is 11.2. The number of hydrogen-bond donors (Lipinski definition) is 3. The Morgan fingerprint density at radius 1 is 1.50 bits per heavy atom. The summed E-state index contributed by atoms with van der Waals surface area (Å²) in [5.74, 6) is 0.0357. The van der Waals surface area contributed by atoms with E-state index in [1.807, 2.05) is 32.0 Å². The summed E-state index contributed by atoms with van der Waals surface area (Å²) in [6.45, 7) is 3.90. The van der Waals surface area contributed by atoms with Crippen molar-refractivity contribution in [2.75, 3.05) is 17.2 Å². The molecule has 0 aromatic heterocycles. The highest BCUT2D eigenvalue weighted by Gasteiger charge is 2.20. The van der Waals surface area contributed by atoms with Crippen molar-refractivity contribution in [2.24, 2.45) is 0 Å². The van der Waals surface area contributed by atoms with E-state index < -0.39 is 0 Å². The van der Waals surface area contributed by atoms with Gasteiger partial charge in [-0.25, -0.2) is 0 Å². The van der Waals surface area contributed by atoms with Crippen molar-refractivity contribution in [1.29, 1.82) is 0 Å². The van der Waals surface area contributed by atoms with Gasteiger partial charge in [0.2, 0.25) is 5.91 Å². The van der Waals surface area contributed by atoms with Crippen molar-refractivity contribution >= 4 is 17.3 Å². The maximum absolute atomic E-state index is 11.2. The van der Waals surface area contributed by atoms with E-state index in [1.54, 1.807) is 0 Å². The fraction of sp³-hybridized carbons (Fsp3) is 0.417. The molecule has 1 heterocycles. The van der Waals surface area contributed by atoms with Crippen molar-refractivity contribution in [3.8, 4) is 0 Å². The zero-order valence-electron chi connectivity index (χ0n) is 9.50.